The largest absolute Gasteiger partial charge is 0.469 e. The first kappa shape index (κ1) is 19.6. The summed E-state index contributed by atoms with van der Waals surface area (Å²) in [7, 11) is 1.40. The molecule has 1 aliphatic heterocycles. The lowest BCUT2D eigenvalue weighted by Crippen LogP contribution is -2.61. The van der Waals surface area contributed by atoms with Gasteiger partial charge in [-0.3, -0.25) is 4.79 Å². The molecule has 0 unspecified atom stereocenters. The van der Waals surface area contributed by atoms with Crippen LogP contribution in [-0.4, -0.2) is 29.4 Å². The second-order valence-electron chi connectivity index (χ2n) is 7.99. The van der Waals surface area contributed by atoms with Crippen molar-refractivity contribution >= 4 is 5.97 Å². The zero-order chi connectivity index (χ0) is 19.7. The van der Waals surface area contributed by atoms with Crippen molar-refractivity contribution < 1.29 is 19.4 Å². The first-order valence-electron chi connectivity index (χ1n) is 9.36. The summed E-state index contributed by atoms with van der Waals surface area (Å²) in [6, 6.07) is 19.2. The SMILES string of the molecule is COC(=O)[C@H]1CC[C@](C)(C(O)(c2ccccc2)c2ccccc2)OC1(C)C. The van der Waals surface area contributed by atoms with Crippen LogP contribution >= 0.6 is 0 Å². The molecule has 4 nitrogen and oxygen atoms in total. The van der Waals surface area contributed by atoms with E-state index in [4.69, 9.17) is 9.47 Å². The van der Waals surface area contributed by atoms with Crippen LogP contribution in [0.3, 0.4) is 0 Å². The molecule has 2 aromatic rings. The number of esters is 1. The Balaban J connectivity index is 2.10. The van der Waals surface area contributed by atoms with Crippen molar-refractivity contribution in [2.24, 2.45) is 5.92 Å². The summed E-state index contributed by atoms with van der Waals surface area (Å²) in [4.78, 5) is 12.2. The Labute approximate surface area is 161 Å². The summed E-state index contributed by atoms with van der Waals surface area (Å²) < 4.78 is 11.5. The third-order valence-corrected chi connectivity index (χ3v) is 5.87. The number of hydrogen-bond donors (Lipinski definition) is 1. The van der Waals surface area contributed by atoms with Gasteiger partial charge in [0.15, 0.2) is 0 Å². The summed E-state index contributed by atoms with van der Waals surface area (Å²) in [6.07, 6.45) is 1.11. The van der Waals surface area contributed by atoms with Gasteiger partial charge < -0.3 is 14.6 Å². The minimum Gasteiger partial charge on any atom is -0.469 e. The predicted molar refractivity (Wildman–Crippen MR) is 104 cm³/mol. The molecule has 0 radical (unpaired) electrons. The van der Waals surface area contributed by atoms with Gasteiger partial charge in [-0.1, -0.05) is 60.7 Å². The third-order valence-electron chi connectivity index (χ3n) is 5.87. The Kier molecular flexibility index (Phi) is 5.15. The summed E-state index contributed by atoms with van der Waals surface area (Å²) in [5.41, 5.74) is -1.49. The van der Waals surface area contributed by atoms with E-state index in [0.29, 0.717) is 12.8 Å². The molecule has 2 atom stereocenters. The molecule has 1 aliphatic rings. The Morgan fingerprint density at radius 2 is 1.52 bits per heavy atom. The Bertz CT molecular complexity index is 745. The second kappa shape index (κ2) is 7.10. The van der Waals surface area contributed by atoms with Crippen molar-refractivity contribution in [2.45, 2.75) is 50.4 Å². The van der Waals surface area contributed by atoms with E-state index < -0.39 is 16.8 Å². The van der Waals surface area contributed by atoms with Crippen molar-refractivity contribution in [1.29, 1.82) is 0 Å². The van der Waals surface area contributed by atoms with Crippen molar-refractivity contribution in [3.8, 4) is 0 Å². The number of hydrogen-bond acceptors (Lipinski definition) is 4. The van der Waals surface area contributed by atoms with Gasteiger partial charge in [0, 0.05) is 0 Å². The lowest BCUT2D eigenvalue weighted by atomic mass is 9.67. The van der Waals surface area contributed by atoms with E-state index in [1.165, 1.54) is 7.11 Å². The number of carbonyl (C=O) groups excluding carboxylic acids is 1. The van der Waals surface area contributed by atoms with Crippen molar-refractivity contribution in [1.82, 2.24) is 0 Å². The number of aliphatic hydroxyl groups is 1. The summed E-state index contributed by atoms with van der Waals surface area (Å²) in [5.74, 6) is -0.642. The summed E-state index contributed by atoms with van der Waals surface area (Å²) in [5, 5.41) is 12.1. The Morgan fingerprint density at radius 1 is 1.04 bits per heavy atom. The van der Waals surface area contributed by atoms with E-state index in [0.717, 1.165) is 11.1 Å². The lowest BCUT2D eigenvalue weighted by molar-refractivity contribution is -0.257. The average molecular weight is 368 g/mol. The molecular weight excluding hydrogens is 340 g/mol. The number of methoxy groups -OCH3 is 1. The zero-order valence-corrected chi connectivity index (χ0v) is 16.4. The van der Waals surface area contributed by atoms with Gasteiger partial charge in [0.05, 0.1) is 18.6 Å². The first-order chi connectivity index (χ1) is 12.7. The normalized spacial score (nSPS) is 25.0. The van der Waals surface area contributed by atoms with E-state index in [1.54, 1.807) is 0 Å². The molecule has 144 valence electrons. The third kappa shape index (κ3) is 3.28. The number of benzene rings is 2. The highest BCUT2D eigenvalue weighted by atomic mass is 16.6. The van der Waals surface area contributed by atoms with E-state index in [9.17, 15) is 9.90 Å². The van der Waals surface area contributed by atoms with Crippen LogP contribution in [-0.2, 0) is 19.9 Å². The van der Waals surface area contributed by atoms with Gasteiger partial charge >= 0.3 is 5.97 Å². The molecule has 27 heavy (non-hydrogen) atoms. The Morgan fingerprint density at radius 3 is 1.93 bits per heavy atom. The van der Waals surface area contributed by atoms with E-state index >= 15 is 0 Å². The van der Waals surface area contributed by atoms with E-state index in [2.05, 4.69) is 0 Å². The average Bonchev–Trinajstić information content (AvgIpc) is 2.67. The number of carbonyl (C=O) groups is 1. The van der Waals surface area contributed by atoms with Crippen LogP contribution in [0, 0.1) is 5.92 Å². The van der Waals surface area contributed by atoms with Crippen molar-refractivity contribution in [3.05, 3.63) is 71.8 Å². The van der Waals surface area contributed by atoms with Gasteiger partial charge in [-0.15, -0.1) is 0 Å². The Hall–Kier alpha value is -2.17. The van der Waals surface area contributed by atoms with Crippen LogP contribution in [0.4, 0.5) is 0 Å². The van der Waals surface area contributed by atoms with Gasteiger partial charge in [0.2, 0.25) is 0 Å². The maximum atomic E-state index is 12.2. The molecule has 4 heteroatoms. The fourth-order valence-corrected chi connectivity index (χ4v) is 4.40. The predicted octanol–water partition coefficient (Wildman–Crippen LogP) is 4.06. The maximum Gasteiger partial charge on any atom is 0.311 e. The zero-order valence-electron chi connectivity index (χ0n) is 16.4. The molecule has 1 heterocycles. The minimum absolute atomic E-state index is 0.273. The topological polar surface area (TPSA) is 55.8 Å². The van der Waals surface area contributed by atoms with Crippen molar-refractivity contribution in [3.63, 3.8) is 0 Å². The van der Waals surface area contributed by atoms with Crippen LogP contribution in [0.2, 0.25) is 0 Å². The molecule has 0 amide bonds. The van der Waals surface area contributed by atoms with Crippen LogP contribution in [0.25, 0.3) is 0 Å². The van der Waals surface area contributed by atoms with Gasteiger partial charge in [0.1, 0.15) is 11.2 Å². The van der Waals surface area contributed by atoms with E-state index in [1.807, 2.05) is 81.4 Å². The van der Waals surface area contributed by atoms with Crippen LogP contribution in [0.1, 0.15) is 44.7 Å². The molecule has 0 aliphatic carbocycles. The van der Waals surface area contributed by atoms with Crippen molar-refractivity contribution in [2.75, 3.05) is 7.11 Å². The van der Waals surface area contributed by atoms with E-state index in [-0.39, 0.29) is 11.9 Å². The van der Waals surface area contributed by atoms with Gasteiger partial charge in [-0.2, -0.15) is 0 Å². The molecule has 0 spiro atoms. The highest BCUT2D eigenvalue weighted by Crippen LogP contribution is 2.51. The molecule has 1 saturated heterocycles. The quantitative estimate of drug-likeness (QED) is 0.827. The maximum absolute atomic E-state index is 12.2. The molecule has 0 bridgehead atoms. The number of rotatable bonds is 4. The standard InChI is InChI=1S/C23H28O4/c1-21(2)19(20(24)26-4)15-16-22(3,27-21)23(25,17-11-7-5-8-12-17)18-13-9-6-10-14-18/h5-14,19,25H,15-16H2,1-4H3/t19-,22-/m1/s1. The second-order valence-corrected chi connectivity index (χ2v) is 7.99. The first-order valence-corrected chi connectivity index (χ1v) is 9.36. The summed E-state index contributed by atoms with van der Waals surface area (Å²) >= 11 is 0. The van der Waals surface area contributed by atoms with Gasteiger partial charge in [-0.25, -0.2) is 0 Å². The fraction of sp³-hybridized carbons (Fsp3) is 0.435. The smallest absolute Gasteiger partial charge is 0.311 e. The molecule has 0 saturated carbocycles. The molecular formula is C23H28O4. The monoisotopic (exact) mass is 368 g/mol. The van der Waals surface area contributed by atoms with Gasteiger partial charge in [0.25, 0.3) is 0 Å². The van der Waals surface area contributed by atoms with Crippen LogP contribution < -0.4 is 0 Å². The minimum atomic E-state index is -1.35. The molecule has 2 aromatic carbocycles. The fourth-order valence-electron chi connectivity index (χ4n) is 4.40. The molecule has 0 aromatic heterocycles. The number of ether oxygens (including phenoxy) is 2. The summed E-state index contributed by atoms with van der Waals surface area (Å²) in [6.45, 7) is 5.72. The highest BCUT2D eigenvalue weighted by molar-refractivity contribution is 5.73. The van der Waals surface area contributed by atoms with Crippen LogP contribution in [0.5, 0.6) is 0 Å². The molecule has 3 rings (SSSR count). The van der Waals surface area contributed by atoms with Gasteiger partial charge in [-0.05, 0) is 44.7 Å². The highest BCUT2D eigenvalue weighted by Gasteiger charge is 2.57. The lowest BCUT2D eigenvalue weighted by Gasteiger charge is -2.54. The molecule has 1 N–H and O–H groups in total. The van der Waals surface area contributed by atoms with Crippen LogP contribution in [0.15, 0.2) is 60.7 Å². The molecule has 1 fully saturated rings.